The summed E-state index contributed by atoms with van der Waals surface area (Å²) in [6.07, 6.45) is 0. The highest BCUT2D eigenvalue weighted by Crippen LogP contribution is 2.38. The van der Waals surface area contributed by atoms with Crippen molar-refractivity contribution in [3.05, 3.63) is 51.2 Å². The van der Waals surface area contributed by atoms with Gasteiger partial charge in [-0.25, -0.2) is 4.39 Å². The highest BCUT2D eigenvalue weighted by atomic mass is 19.1. The molecule has 92 valence electrons. The summed E-state index contributed by atoms with van der Waals surface area (Å²) in [6, 6.07) is 5.38. The first kappa shape index (κ1) is 11.9. The molecule has 1 aliphatic rings. The lowest BCUT2D eigenvalue weighted by molar-refractivity contribution is -0.482. The average Bonchev–Trinajstić information content (AvgIpc) is 2.30. The number of benzene rings is 1. The summed E-state index contributed by atoms with van der Waals surface area (Å²) in [5.41, 5.74) is 5.74. The Hall–Kier alpha value is -2.62. The number of hydrogen-bond acceptors (Lipinski definition) is 5. The third-order valence-corrected chi connectivity index (χ3v) is 2.63. The van der Waals surface area contributed by atoms with E-state index in [-0.39, 0.29) is 22.8 Å². The molecule has 0 saturated carbocycles. The summed E-state index contributed by atoms with van der Waals surface area (Å²) in [6.45, 7) is -0.538. The van der Waals surface area contributed by atoms with Gasteiger partial charge in [0.1, 0.15) is 23.2 Å². The molecule has 0 bridgehead atoms. The van der Waals surface area contributed by atoms with E-state index in [1.807, 2.05) is 0 Å². The quantitative estimate of drug-likeness (QED) is 0.628. The molecule has 7 heteroatoms. The summed E-state index contributed by atoms with van der Waals surface area (Å²) >= 11 is 0. The van der Waals surface area contributed by atoms with Crippen LogP contribution in [0.2, 0.25) is 0 Å². The van der Waals surface area contributed by atoms with Crippen molar-refractivity contribution in [3.63, 3.8) is 0 Å². The molecular weight excluding hydrogens is 241 g/mol. The summed E-state index contributed by atoms with van der Waals surface area (Å²) < 4.78 is 18.3. The first-order valence-electron chi connectivity index (χ1n) is 5.01. The van der Waals surface area contributed by atoms with Crippen LogP contribution < -0.4 is 10.5 Å². The van der Waals surface area contributed by atoms with Crippen LogP contribution in [-0.2, 0) is 0 Å². The molecule has 1 aliphatic heterocycles. The molecule has 6 nitrogen and oxygen atoms in total. The Morgan fingerprint density at radius 3 is 2.94 bits per heavy atom. The molecule has 1 aromatic carbocycles. The van der Waals surface area contributed by atoms with Crippen molar-refractivity contribution in [1.82, 2.24) is 0 Å². The number of nitro groups is 1. The SMILES string of the molecule is N#CC1=C(N)Oc2ccc(F)cc2[C@@H]1C[N+](=O)[O-]. The molecule has 1 aromatic rings. The second kappa shape index (κ2) is 4.33. The molecule has 0 aromatic heterocycles. The van der Waals surface area contributed by atoms with Crippen molar-refractivity contribution in [2.45, 2.75) is 5.92 Å². The maximum atomic E-state index is 13.2. The minimum Gasteiger partial charge on any atom is -0.440 e. The monoisotopic (exact) mass is 249 g/mol. The van der Waals surface area contributed by atoms with Crippen molar-refractivity contribution < 1.29 is 14.1 Å². The van der Waals surface area contributed by atoms with Gasteiger partial charge in [0, 0.05) is 10.5 Å². The molecule has 0 radical (unpaired) electrons. The van der Waals surface area contributed by atoms with Crippen LogP contribution in [-0.4, -0.2) is 11.5 Å². The Morgan fingerprint density at radius 1 is 1.61 bits per heavy atom. The van der Waals surface area contributed by atoms with Crippen LogP contribution in [0.4, 0.5) is 4.39 Å². The van der Waals surface area contributed by atoms with E-state index in [2.05, 4.69) is 0 Å². The van der Waals surface area contributed by atoms with Crippen molar-refractivity contribution >= 4 is 0 Å². The maximum absolute atomic E-state index is 13.2. The van der Waals surface area contributed by atoms with Crippen molar-refractivity contribution in [3.8, 4) is 11.8 Å². The second-order valence-electron chi connectivity index (χ2n) is 3.74. The smallest absolute Gasteiger partial charge is 0.215 e. The van der Waals surface area contributed by atoms with Crippen molar-refractivity contribution in [2.24, 2.45) is 5.73 Å². The van der Waals surface area contributed by atoms with Gasteiger partial charge in [0.05, 0.1) is 5.92 Å². The number of rotatable bonds is 2. The molecule has 1 atom stereocenters. The van der Waals surface area contributed by atoms with E-state index in [0.717, 1.165) is 12.1 Å². The van der Waals surface area contributed by atoms with Gasteiger partial charge < -0.3 is 10.5 Å². The zero-order valence-electron chi connectivity index (χ0n) is 9.09. The molecule has 2 N–H and O–H groups in total. The Labute approximate surface area is 101 Å². The van der Waals surface area contributed by atoms with Crippen LogP contribution in [0.5, 0.6) is 5.75 Å². The first-order valence-corrected chi connectivity index (χ1v) is 5.01. The molecular formula is C11H8FN3O3. The molecule has 0 amide bonds. The fourth-order valence-corrected chi connectivity index (χ4v) is 1.86. The standard InChI is InChI=1S/C11H8FN3O3/c12-6-1-2-10-7(3-6)9(5-15(16)17)8(4-13)11(14)18-10/h1-3,9H,5,14H2/t9-/m0/s1. The lowest BCUT2D eigenvalue weighted by atomic mass is 9.89. The van der Waals surface area contributed by atoms with E-state index >= 15 is 0 Å². The lowest BCUT2D eigenvalue weighted by Gasteiger charge is -2.23. The number of nitrogens with zero attached hydrogens (tertiary/aromatic N) is 2. The summed E-state index contributed by atoms with van der Waals surface area (Å²) in [5, 5.41) is 19.6. The van der Waals surface area contributed by atoms with E-state index in [4.69, 9.17) is 15.7 Å². The Morgan fingerprint density at radius 2 is 2.33 bits per heavy atom. The zero-order chi connectivity index (χ0) is 13.3. The number of hydrogen-bond donors (Lipinski definition) is 1. The molecule has 0 aliphatic carbocycles. The minimum absolute atomic E-state index is 0.0511. The normalized spacial score (nSPS) is 17.7. The topological polar surface area (TPSA) is 102 Å². The van der Waals surface area contributed by atoms with Gasteiger partial charge in [-0.05, 0) is 18.2 Å². The van der Waals surface area contributed by atoms with Crippen molar-refractivity contribution in [1.29, 1.82) is 5.26 Å². The first-order chi connectivity index (χ1) is 8.52. The predicted molar refractivity (Wildman–Crippen MR) is 58.5 cm³/mol. The largest absolute Gasteiger partial charge is 0.440 e. The number of ether oxygens (including phenoxy) is 1. The number of nitrogens with two attached hydrogens (primary N) is 1. The second-order valence-corrected chi connectivity index (χ2v) is 3.74. The fraction of sp³-hybridized carbons (Fsp3) is 0.182. The lowest BCUT2D eigenvalue weighted by Crippen LogP contribution is -2.24. The van der Waals surface area contributed by atoms with E-state index in [1.165, 1.54) is 6.07 Å². The number of halogens is 1. The van der Waals surface area contributed by atoms with Gasteiger partial charge in [0.25, 0.3) is 0 Å². The van der Waals surface area contributed by atoms with Gasteiger partial charge in [0.15, 0.2) is 0 Å². The van der Waals surface area contributed by atoms with Crippen molar-refractivity contribution in [2.75, 3.05) is 6.54 Å². The van der Waals surface area contributed by atoms with Crippen LogP contribution >= 0.6 is 0 Å². The Balaban J connectivity index is 2.55. The Bertz CT molecular complexity index is 592. The predicted octanol–water partition coefficient (Wildman–Crippen LogP) is 1.27. The van der Waals surface area contributed by atoms with E-state index in [9.17, 15) is 14.5 Å². The molecule has 0 unspecified atom stereocenters. The summed E-state index contributed by atoms with van der Waals surface area (Å²) in [5.74, 6) is -1.38. The Kier molecular flexibility index (Phi) is 2.85. The van der Waals surface area contributed by atoms with E-state index < -0.39 is 23.2 Å². The maximum Gasteiger partial charge on any atom is 0.215 e. The third-order valence-electron chi connectivity index (χ3n) is 2.63. The van der Waals surface area contributed by atoms with E-state index in [1.54, 1.807) is 6.07 Å². The summed E-state index contributed by atoms with van der Waals surface area (Å²) in [4.78, 5) is 10.1. The van der Waals surface area contributed by atoms with Gasteiger partial charge in [0.2, 0.25) is 12.4 Å². The molecule has 18 heavy (non-hydrogen) atoms. The average molecular weight is 249 g/mol. The third kappa shape index (κ3) is 1.96. The van der Waals surface area contributed by atoms with Gasteiger partial charge >= 0.3 is 0 Å². The molecule has 0 saturated heterocycles. The summed E-state index contributed by atoms with van der Waals surface area (Å²) in [7, 11) is 0. The zero-order valence-corrected chi connectivity index (χ0v) is 9.09. The molecule has 2 rings (SSSR count). The highest BCUT2D eigenvalue weighted by Gasteiger charge is 2.33. The molecule has 0 fully saturated rings. The van der Waals surface area contributed by atoms with Crippen LogP contribution in [0.1, 0.15) is 11.5 Å². The van der Waals surface area contributed by atoms with Gasteiger partial charge in [-0.1, -0.05) is 0 Å². The van der Waals surface area contributed by atoms with Crippen LogP contribution in [0.3, 0.4) is 0 Å². The van der Waals surface area contributed by atoms with Crippen LogP contribution in [0, 0.1) is 27.3 Å². The van der Waals surface area contributed by atoms with Gasteiger partial charge in [-0.3, -0.25) is 10.1 Å². The minimum atomic E-state index is -0.885. The number of nitriles is 1. The fourth-order valence-electron chi connectivity index (χ4n) is 1.86. The van der Waals surface area contributed by atoms with Gasteiger partial charge in [-0.2, -0.15) is 5.26 Å². The highest BCUT2D eigenvalue weighted by molar-refractivity contribution is 5.49. The van der Waals surface area contributed by atoms with E-state index in [0.29, 0.717) is 0 Å². The molecule has 1 heterocycles. The van der Waals surface area contributed by atoms with Crippen LogP contribution in [0.25, 0.3) is 0 Å². The number of fused-ring (bicyclic) bond motifs is 1. The van der Waals surface area contributed by atoms with Gasteiger partial charge in [-0.15, -0.1) is 0 Å². The van der Waals surface area contributed by atoms with Crippen LogP contribution in [0.15, 0.2) is 29.7 Å². The molecule has 0 spiro atoms.